The Balaban J connectivity index is 1.77. The number of nitrogens with two attached hydrogens (primary N) is 1. The second-order valence-electron chi connectivity index (χ2n) is 7.36. The van der Waals surface area contributed by atoms with Crippen molar-refractivity contribution in [2.75, 3.05) is 13.2 Å². The van der Waals surface area contributed by atoms with Gasteiger partial charge in [0.2, 0.25) is 5.91 Å². The van der Waals surface area contributed by atoms with E-state index in [1.807, 2.05) is 43.0 Å². The maximum atomic E-state index is 13.1. The fraction of sp³-hybridized carbons (Fsp3) is 0.450. The van der Waals surface area contributed by atoms with Gasteiger partial charge in [-0.05, 0) is 36.5 Å². The van der Waals surface area contributed by atoms with Gasteiger partial charge in [-0.3, -0.25) is 4.79 Å². The molecule has 2 atom stereocenters. The van der Waals surface area contributed by atoms with Gasteiger partial charge in [0, 0.05) is 11.0 Å². The average Bonchev–Trinajstić information content (AvgIpc) is 3.31. The Morgan fingerprint density at radius 1 is 1.36 bits per heavy atom. The van der Waals surface area contributed by atoms with E-state index in [9.17, 15) is 9.59 Å². The third kappa shape index (κ3) is 4.55. The smallest absolute Gasteiger partial charge is 0.404 e. The van der Waals surface area contributed by atoms with E-state index in [1.165, 1.54) is 0 Å². The zero-order valence-corrected chi connectivity index (χ0v) is 17.6. The van der Waals surface area contributed by atoms with Crippen molar-refractivity contribution in [3.05, 3.63) is 40.8 Å². The molecular formula is C20H25BrN4O3. The molecule has 3 rings (SSSR count). The van der Waals surface area contributed by atoms with E-state index >= 15 is 0 Å². The number of aromatic nitrogens is 2. The maximum absolute atomic E-state index is 13.1. The zero-order chi connectivity index (χ0) is 20.3. The van der Waals surface area contributed by atoms with Crippen LogP contribution in [0.15, 0.2) is 34.9 Å². The van der Waals surface area contributed by atoms with Crippen molar-refractivity contribution in [3.8, 4) is 11.3 Å². The molecule has 0 aliphatic carbocycles. The first-order chi connectivity index (χ1) is 13.4. The normalized spacial score (nSPS) is 17.7. The lowest BCUT2D eigenvalue weighted by Gasteiger charge is -2.29. The van der Waals surface area contributed by atoms with Crippen molar-refractivity contribution >= 4 is 27.9 Å². The molecule has 8 heteroatoms. The summed E-state index contributed by atoms with van der Waals surface area (Å²) >= 11 is 3.44. The summed E-state index contributed by atoms with van der Waals surface area (Å²) in [6.07, 6.45) is 2.70. The number of primary amides is 1. The van der Waals surface area contributed by atoms with Gasteiger partial charge < -0.3 is 20.4 Å². The Morgan fingerprint density at radius 2 is 2.07 bits per heavy atom. The number of amides is 2. The minimum atomic E-state index is -0.860. The number of carbonyl (C=O) groups excluding carboxylic acids is 2. The summed E-state index contributed by atoms with van der Waals surface area (Å²) in [5.41, 5.74) is 7.03. The van der Waals surface area contributed by atoms with E-state index in [0.717, 1.165) is 34.4 Å². The van der Waals surface area contributed by atoms with Gasteiger partial charge in [0.15, 0.2) is 0 Å². The van der Waals surface area contributed by atoms with Crippen molar-refractivity contribution < 1.29 is 14.3 Å². The summed E-state index contributed by atoms with van der Waals surface area (Å²) in [5, 5.41) is 0. The SMILES string of the molecule is CC(C)C(COC(N)=O)C(=O)N1CCCC1c1ncc(-c2ccc(Br)cc2)[nH]1. The summed E-state index contributed by atoms with van der Waals surface area (Å²) in [6.45, 7) is 4.54. The number of hydrogen-bond donors (Lipinski definition) is 2. The number of rotatable bonds is 6. The Labute approximate surface area is 172 Å². The third-order valence-electron chi connectivity index (χ3n) is 5.13. The third-order valence-corrected chi connectivity index (χ3v) is 5.66. The van der Waals surface area contributed by atoms with Crippen LogP contribution in [-0.2, 0) is 9.53 Å². The maximum Gasteiger partial charge on any atom is 0.404 e. The van der Waals surface area contributed by atoms with Crippen LogP contribution in [0.5, 0.6) is 0 Å². The number of ether oxygens (including phenoxy) is 1. The quantitative estimate of drug-likeness (QED) is 0.699. The molecule has 1 aromatic heterocycles. The number of nitrogens with one attached hydrogen (secondary N) is 1. The topological polar surface area (TPSA) is 101 Å². The Kier molecular flexibility index (Phi) is 6.39. The molecule has 7 nitrogen and oxygen atoms in total. The van der Waals surface area contributed by atoms with Crippen molar-refractivity contribution in [1.29, 1.82) is 0 Å². The van der Waals surface area contributed by atoms with E-state index in [2.05, 4.69) is 25.9 Å². The number of carbonyl (C=O) groups is 2. The molecule has 150 valence electrons. The Hall–Kier alpha value is -2.35. The molecular weight excluding hydrogens is 424 g/mol. The minimum Gasteiger partial charge on any atom is -0.449 e. The summed E-state index contributed by atoms with van der Waals surface area (Å²) in [5.74, 6) is 0.361. The number of benzene rings is 1. The molecule has 28 heavy (non-hydrogen) atoms. The molecule has 1 aromatic carbocycles. The van der Waals surface area contributed by atoms with E-state index in [1.54, 1.807) is 6.20 Å². The number of hydrogen-bond acceptors (Lipinski definition) is 4. The van der Waals surface area contributed by atoms with Gasteiger partial charge in [-0.15, -0.1) is 0 Å². The standard InChI is InChI=1S/C20H25BrN4O3/c1-12(2)15(11-28-20(22)27)19(26)25-9-3-4-17(25)18-23-10-16(24-18)13-5-7-14(21)8-6-13/h5-8,10,12,15,17H,3-4,9,11H2,1-2H3,(H2,22,27)(H,23,24). The molecule has 0 spiro atoms. The molecule has 0 radical (unpaired) electrons. The highest BCUT2D eigenvalue weighted by atomic mass is 79.9. The van der Waals surface area contributed by atoms with Gasteiger partial charge in [-0.25, -0.2) is 9.78 Å². The lowest BCUT2D eigenvalue weighted by atomic mass is 9.95. The Morgan fingerprint density at radius 3 is 2.71 bits per heavy atom. The van der Waals surface area contributed by atoms with Crippen LogP contribution >= 0.6 is 15.9 Å². The fourth-order valence-electron chi connectivity index (χ4n) is 3.53. The number of aromatic amines is 1. The second kappa shape index (κ2) is 8.77. The highest BCUT2D eigenvalue weighted by Crippen LogP contribution is 2.34. The lowest BCUT2D eigenvalue weighted by molar-refractivity contribution is -0.139. The van der Waals surface area contributed by atoms with E-state index in [4.69, 9.17) is 10.5 Å². The zero-order valence-electron chi connectivity index (χ0n) is 16.0. The van der Waals surface area contributed by atoms with Gasteiger partial charge >= 0.3 is 6.09 Å². The van der Waals surface area contributed by atoms with Crippen molar-refractivity contribution in [2.45, 2.75) is 32.7 Å². The van der Waals surface area contributed by atoms with Gasteiger partial charge in [-0.2, -0.15) is 0 Å². The number of imidazole rings is 1. The molecule has 1 aliphatic heterocycles. The second-order valence-corrected chi connectivity index (χ2v) is 8.27. The van der Waals surface area contributed by atoms with Crippen LogP contribution in [0.3, 0.4) is 0 Å². The van der Waals surface area contributed by atoms with Gasteiger partial charge in [-0.1, -0.05) is 41.9 Å². The first kappa shape index (κ1) is 20.4. The predicted octanol–water partition coefficient (Wildman–Crippen LogP) is 3.87. The monoisotopic (exact) mass is 448 g/mol. The number of nitrogens with zero attached hydrogens (tertiary/aromatic N) is 2. The largest absolute Gasteiger partial charge is 0.449 e. The average molecular weight is 449 g/mol. The van der Waals surface area contributed by atoms with Crippen LogP contribution in [0.1, 0.15) is 38.6 Å². The lowest BCUT2D eigenvalue weighted by Crippen LogP contribution is -2.40. The molecule has 2 heterocycles. The first-order valence-corrected chi connectivity index (χ1v) is 10.2. The van der Waals surface area contributed by atoms with Crippen LogP contribution in [-0.4, -0.2) is 40.0 Å². The van der Waals surface area contributed by atoms with E-state index in [0.29, 0.717) is 6.54 Å². The number of halogens is 1. The molecule has 2 aromatic rings. The summed E-state index contributed by atoms with van der Waals surface area (Å²) in [7, 11) is 0. The summed E-state index contributed by atoms with van der Waals surface area (Å²) < 4.78 is 5.94. The molecule has 0 bridgehead atoms. The molecule has 2 amide bonds. The molecule has 2 unspecified atom stereocenters. The van der Waals surface area contributed by atoms with Gasteiger partial charge in [0.05, 0.1) is 23.9 Å². The van der Waals surface area contributed by atoms with Crippen molar-refractivity contribution in [3.63, 3.8) is 0 Å². The van der Waals surface area contributed by atoms with Crippen LogP contribution in [0, 0.1) is 11.8 Å². The van der Waals surface area contributed by atoms with Crippen LogP contribution in [0.2, 0.25) is 0 Å². The molecule has 1 aliphatic rings. The molecule has 1 fully saturated rings. The van der Waals surface area contributed by atoms with E-state index < -0.39 is 12.0 Å². The van der Waals surface area contributed by atoms with Crippen LogP contribution < -0.4 is 5.73 Å². The molecule has 3 N–H and O–H groups in total. The highest BCUT2D eigenvalue weighted by molar-refractivity contribution is 9.10. The predicted molar refractivity (Wildman–Crippen MR) is 109 cm³/mol. The molecule has 1 saturated heterocycles. The molecule has 0 saturated carbocycles. The first-order valence-electron chi connectivity index (χ1n) is 9.40. The van der Waals surface area contributed by atoms with Crippen LogP contribution in [0.25, 0.3) is 11.3 Å². The van der Waals surface area contributed by atoms with Crippen LogP contribution in [0.4, 0.5) is 4.79 Å². The Bertz CT molecular complexity index is 834. The number of H-pyrrole nitrogens is 1. The van der Waals surface area contributed by atoms with Crippen molar-refractivity contribution in [1.82, 2.24) is 14.9 Å². The van der Waals surface area contributed by atoms with Crippen molar-refractivity contribution in [2.24, 2.45) is 17.6 Å². The van der Waals surface area contributed by atoms with E-state index in [-0.39, 0.29) is 24.5 Å². The summed E-state index contributed by atoms with van der Waals surface area (Å²) in [6, 6.07) is 7.87. The number of likely N-dealkylation sites (tertiary alicyclic amines) is 1. The minimum absolute atomic E-state index is 0.00263. The van der Waals surface area contributed by atoms with Gasteiger partial charge in [0.25, 0.3) is 0 Å². The van der Waals surface area contributed by atoms with Gasteiger partial charge in [0.1, 0.15) is 12.4 Å². The highest BCUT2D eigenvalue weighted by Gasteiger charge is 2.37. The summed E-state index contributed by atoms with van der Waals surface area (Å²) in [4.78, 5) is 33.9. The fourth-order valence-corrected chi connectivity index (χ4v) is 3.80.